The second-order valence-corrected chi connectivity index (χ2v) is 15.5. The Bertz CT molecular complexity index is 1060. The molecule has 1 unspecified atom stereocenters. The topological polar surface area (TPSA) is 134 Å². The van der Waals surface area contributed by atoms with Crippen LogP contribution in [0.1, 0.15) is 47.3 Å². The zero-order chi connectivity index (χ0) is 24.7. The quantitative estimate of drug-likeness (QED) is 0.416. The first-order chi connectivity index (χ1) is 15.3. The highest BCUT2D eigenvalue weighted by Crippen LogP contribution is 2.41. The Hall–Kier alpha value is -1.73. The van der Waals surface area contributed by atoms with E-state index in [1.807, 2.05) is 20.1 Å². The summed E-state index contributed by atoms with van der Waals surface area (Å²) in [4.78, 5) is 36.4. The number of rotatable bonds is 8. The number of ether oxygens (including phenoxy) is 1. The van der Waals surface area contributed by atoms with Gasteiger partial charge in [-0.15, -0.1) is 0 Å². The smallest absolute Gasteiger partial charge is 0.280 e. The highest BCUT2D eigenvalue weighted by atomic mass is 32.2. The Morgan fingerprint density at radius 2 is 2.06 bits per heavy atom. The maximum atomic E-state index is 13.3. The molecule has 184 valence electrons. The molecule has 0 saturated carbocycles. The third kappa shape index (κ3) is 5.19. The zero-order valence-electron chi connectivity index (χ0n) is 20.5. The monoisotopic (exact) mass is 497 g/mol. The molecule has 4 atom stereocenters. The van der Waals surface area contributed by atoms with Gasteiger partial charge in [-0.25, -0.2) is 4.98 Å². The van der Waals surface area contributed by atoms with Crippen LogP contribution in [0.3, 0.4) is 0 Å². The number of imidazole rings is 1. The van der Waals surface area contributed by atoms with Gasteiger partial charge in [-0.05, 0) is 30.2 Å². The highest BCUT2D eigenvalue weighted by Gasteiger charge is 2.50. The van der Waals surface area contributed by atoms with Gasteiger partial charge in [0.15, 0.2) is 25.3 Å². The molecule has 3 heterocycles. The molecule has 1 fully saturated rings. The second-order valence-electron chi connectivity index (χ2n) is 10.2. The Morgan fingerprint density at radius 3 is 2.64 bits per heavy atom. The van der Waals surface area contributed by atoms with Crippen molar-refractivity contribution in [3.8, 4) is 0 Å². The largest absolute Gasteiger partial charge is 0.404 e. The SMILES string of the molecule is CSO[C@H]1C[C@H](n2cnc3c(=O)[nH]c(N)nc32)O[C@@H]1C(O[Si](C)(C)C(C)(C)C)C(=O)C(C)C. The average Bonchev–Trinajstić information content (AvgIpc) is 3.29. The lowest BCUT2D eigenvalue weighted by Gasteiger charge is -2.41. The maximum Gasteiger partial charge on any atom is 0.280 e. The summed E-state index contributed by atoms with van der Waals surface area (Å²) >= 11 is 1.22. The van der Waals surface area contributed by atoms with Crippen molar-refractivity contribution < 1.29 is 18.1 Å². The number of carbonyl (C=O) groups excluding carboxylic acids is 1. The molecule has 12 heteroatoms. The van der Waals surface area contributed by atoms with Crippen molar-refractivity contribution >= 4 is 43.3 Å². The van der Waals surface area contributed by atoms with Gasteiger partial charge < -0.3 is 19.1 Å². The van der Waals surface area contributed by atoms with Crippen molar-refractivity contribution in [1.82, 2.24) is 19.5 Å². The molecule has 1 aliphatic heterocycles. The van der Waals surface area contributed by atoms with Crippen LogP contribution in [0.2, 0.25) is 18.1 Å². The van der Waals surface area contributed by atoms with E-state index in [2.05, 4.69) is 48.8 Å². The van der Waals surface area contributed by atoms with Gasteiger partial charge in [-0.1, -0.05) is 34.6 Å². The van der Waals surface area contributed by atoms with Crippen LogP contribution in [-0.4, -0.2) is 58.2 Å². The van der Waals surface area contributed by atoms with Crippen LogP contribution in [0.15, 0.2) is 11.1 Å². The van der Waals surface area contributed by atoms with Crippen LogP contribution in [0.5, 0.6) is 0 Å². The molecule has 2 aromatic rings. The minimum atomic E-state index is -2.30. The van der Waals surface area contributed by atoms with E-state index in [9.17, 15) is 9.59 Å². The molecule has 0 amide bonds. The van der Waals surface area contributed by atoms with Crippen molar-refractivity contribution in [2.75, 3.05) is 12.0 Å². The van der Waals surface area contributed by atoms with Gasteiger partial charge in [0.25, 0.3) is 5.56 Å². The summed E-state index contributed by atoms with van der Waals surface area (Å²) < 4.78 is 20.7. The lowest BCUT2D eigenvalue weighted by atomic mass is 9.97. The average molecular weight is 498 g/mol. The summed E-state index contributed by atoms with van der Waals surface area (Å²) in [6.07, 6.45) is 1.42. The first-order valence-electron chi connectivity index (χ1n) is 11.1. The normalized spacial score (nSPS) is 22.9. The maximum absolute atomic E-state index is 13.3. The number of anilines is 1. The summed E-state index contributed by atoms with van der Waals surface area (Å²) in [6, 6.07) is 0. The molecule has 0 aromatic carbocycles. The summed E-state index contributed by atoms with van der Waals surface area (Å²) in [7, 11) is -2.30. The summed E-state index contributed by atoms with van der Waals surface area (Å²) in [5, 5.41) is -0.0839. The van der Waals surface area contributed by atoms with Crippen LogP contribution in [-0.2, 0) is 18.1 Å². The number of aromatic nitrogens is 4. The van der Waals surface area contributed by atoms with Crippen molar-refractivity contribution in [3.05, 3.63) is 16.7 Å². The number of Topliss-reactive ketones (excluding diaryl/α,β-unsaturated/α-hetero) is 1. The van der Waals surface area contributed by atoms with Crippen LogP contribution in [0, 0.1) is 5.92 Å². The van der Waals surface area contributed by atoms with Crippen molar-refractivity contribution in [2.45, 2.75) is 83.7 Å². The number of hydrogen-bond donors (Lipinski definition) is 2. The van der Waals surface area contributed by atoms with E-state index in [-0.39, 0.29) is 28.2 Å². The molecule has 0 aliphatic carbocycles. The number of nitrogen functional groups attached to an aromatic ring is 1. The molecule has 1 aliphatic rings. The molecule has 3 rings (SSSR count). The molecule has 33 heavy (non-hydrogen) atoms. The lowest BCUT2D eigenvalue weighted by Crippen LogP contribution is -2.53. The Morgan fingerprint density at radius 1 is 1.39 bits per heavy atom. The highest BCUT2D eigenvalue weighted by molar-refractivity contribution is 7.93. The summed E-state index contributed by atoms with van der Waals surface area (Å²) in [6.45, 7) is 14.4. The van der Waals surface area contributed by atoms with Crippen molar-refractivity contribution in [2.24, 2.45) is 5.92 Å². The third-order valence-corrected chi connectivity index (χ3v) is 11.4. The number of nitrogens with two attached hydrogens (primary N) is 1. The number of nitrogens with one attached hydrogen (secondary N) is 1. The van der Waals surface area contributed by atoms with Gasteiger partial charge in [0.05, 0.1) is 6.33 Å². The van der Waals surface area contributed by atoms with Gasteiger partial charge in [0.1, 0.15) is 24.5 Å². The number of nitrogens with zero attached hydrogens (tertiary/aromatic N) is 3. The lowest BCUT2D eigenvalue weighted by molar-refractivity contribution is -0.141. The van der Waals surface area contributed by atoms with E-state index in [1.165, 1.54) is 18.4 Å². The first-order valence-corrected chi connectivity index (χ1v) is 15.1. The van der Waals surface area contributed by atoms with Gasteiger partial charge in [0.2, 0.25) is 5.95 Å². The van der Waals surface area contributed by atoms with Crippen LogP contribution < -0.4 is 11.3 Å². The second kappa shape index (κ2) is 9.49. The zero-order valence-corrected chi connectivity index (χ0v) is 22.4. The number of hydrogen-bond acceptors (Lipinski definition) is 9. The van der Waals surface area contributed by atoms with Gasteiger partial charge in [-0.2, -0.15) is 4.98 Å². The van der Waals surface area contributed by atoms with Crippen LogP contribution in [0.25, 0.3) is 11.2 Å². The van der Waals surface area contributed by atoms with E-state index in [0.717, 1.165) is 0 Å². The van der Waals surface area contributed by atoms with Gasteiger partial charge >= 0.3 is 0 Å². The van der Waals surface area contributed by atoms with Crippen molar-refractivity contribution in [1.29, 1.82) is 0 Å². The van der Waals surface area contributed by atoms with E-state index >= 15 is 0 Å². The fourth-order valence-electron chi connectivity index (χ4n) is 3.58. The molecule has 10 nitrogen and oxygen atoms in total. The summed E-state index contributed by atoms with van der Waals surface area (Å²) in [5.74, 6) is -0.254. The van der Waals surface area contributed by atoms with E-state index in [0.29, 0.717) is 12.1 Å². The fourth-order valence-corrected chi connectivity index (χ4v) is 5.26. The number of fused-ring (bicyclic) bond motifs is 1. The first kappa shape index (κ1) is 25.9. The number of carbonyl (C=O) groups is 1. The Balaban J connectivity index is 2.00. The van der Waals surface area contributed by atoms with Crippen LogP contribution >= 0.6 is 12.0 Å². The standard InChI is InChI=1S/C21H35N5O5SSi/c1-11(2)15(27)17(31-33(7,8)21(3,4)5)16-12(30-32-6)9-13(29-16)26-10-23-14-18(26)24-20(22)25-19(14)28/h10-13,16-17H,9H2,1-8H3,(H3,22,24,25,28)/t12-,13+,16-,17?/m0/s1. The van der Waals surface area contributed by atoms with Crippen molar-refractivity contribution in [3.63, 3.8) is 0 Å². The van der Waals surface area contributed by atoms with Crippen LogP contribution in [0.4, 0.5) is 5.95 Å². The molecule has 3 N–H and O–H groups in total. The minimum Gasteiger partial charge on any atom is -0.404 e. The van der Waals surface area contributed by atoms with Gasteiger partial charge in [-0.3, -0.25) is 19.1 Å². The molecule has 2 aromatic heterocycles. The number of H-pyrrole nitrogens is 1. The summed E-state index contributed by atoms with van der Waals surface area (Å²) in [5.41, 5.74) is 5.82. The Kier molecular flexibility index (Phi) is 7.44. The predicted molar refractivity (Wildman–Crippen MR) is 131 cm³/mol. The fraction of sp³-hybridized carbons (Fsp3) is 0.714. The third-order valence-electron chi connectivity index (χ3n) is 6.47. The van der Waals surface area contributed by atoms with Gasteiger partial charge in [0, 0.05) is 18.6 Å². The number of ketones is 1. The minimum absolute atomic E-state index is 0.00478. The van der Waals surface area contributed by atoms with E-state index in [1.54, 1.807) is 4.57 Å². The molecule has 0 bridgehead atoms. The molecule has 1 saturated heterocycles. The Labute approximate surface area is 199 Å². The molecular weight excluding hydrogens is 462 g/mol. The number of aromatic amines is 1. The predicted octanol–water partition coefficient (Wildman–Crippen LogP) is 3.27. The molecule has 0 spiro atoms. The molecule has 0 radical (unpaired) electrons. The van der Waals surface area contributed by atoms with E-state index in [4.69, 9.17) is 19.1 Å². The molecular formula is C21H35N5O5SSi. The van der Waals surface area contributed by atoms with E-state index < -0.39 is 38.4 Å².